The molecule has 3 aromatic heterocycles. The maximum Gasteiger partial charge on any atom is 0.335 e. The molecule has 0 bridgehead atoms. The van der Waals surface area contributed by atoms with Gasteiger partial charge in [0.15, 0.2) is 11.8 Å². The molecule has 1 saturated heterocycles. The van der Waals surface area contributed by atoms with E-state index in [1.165, 1.54) is 15.8 Å². The Bertz CT molecular complexity index is 1790. The molecule has 2 aliphatic rings. The Morgan fingerprint density at radius 2 is 2.00 bits per heavy atom. The molecule has 4 aromatic rings. The Labute approximate surface area is 264 Å². The predicted octanol–water partition coefficient (Wildman–Crippen LogP) is 3.65. The molecule has 1 aliphatic carbocycles. The van der Waals surface area contributed by atoms with Crippen LogP contribution in [0, 0.1) is 24.2 Å². The van der Waals surface area contributed by atoms with E-state index in [9.17, 15) is 30.2 Å². The molecule has 1 amide bonds. The number of ether oxygens (including phenoxy) is 2. The van der Waals surface area contributed by atoms with Crippen molar-refractivity contribution in [3.63, 3.8) is 0 Å². The number of benzene rings is 1. The third-order valence-electron chi connectivity index (χ3n) is 8.85. The number of hydrogen-bond acceptors (Lipinski definition) is 10. The van der Waals surface area contributed by atoms with E-state index in [0.29, 0.717) is 34.8 Å². The average molecular weight is 630 g/mol. The van der Waals surface area contributed by atoms with Crippen molar-refractivity contribution in [2.45, 2.75) is 76.1 Å². The first-order valence-corrected chi connectivity index (χ1v) is 15.2. The molecule has 0 unspecified atom stereocenters. The first-order valence-electron chi connectivity index (χ1n) is 15.2. The zero-order valence-corrected chi connectivity index (χ0v) is 25.4. The van der Waals surface area contributed by atoms with Crippen molar-refractivity contribution < 1.29 is 34.4 Å². The summed E-state index contributed by atoms with van der Waals surface area (Å²) >= 11 is 0. The third-order valence-corrected chi connectivity index (χ3v) is 8.85. The van der Waals surface area contributed by atoms with Gasteiger partial charge < -0.3 is 24.8 Å². The van der Waals surface area contributed by atoms with Gasteiger partial charge in [-0.15, -0.1) is 0 Å². The fourth-order valence-electron chi connectivity index (χ4n) is 6.40. The summed E-state index contributed by atoms with van der Waals surface area (Å²) in [5, 5.41) is 44.4. The molecule has 1 aliphatic heterocycles. The summed E-state index contributed by atoms with van der Waals surface area (Å²) in [6.07, 6.45) is 5.47. The van der Waals surface area contributed by atoms with Crippen molar-refractivity contribution in [2.75, 3.05) is 11.9 Å². The first-order chi connectivity index (χ1) is 22.2. The zero-order valence-electron chi connectivity index (χ0n) is 25.4. The highest BCUT2D eigenvalue weighted by atomic mass is 16.7. The molecule has 5 atom stereocenters. The second-order valence-corrected chi connectivity index (χ2v) is 11.9. The molecule has 14 heteroatoms. The van der Waals surface area contributed by atoms with E-state index in [2.05, 4.69) is 21.1 Å². The van der Waals surface area contributed by atoms with E-state index in [1.807, 2.05) is 17.8 Å². The second-order valence-electron chi connectivity index (χ2n) is 11.9. The van der Waals surface area contributed by atoms with Gasteiger partial charge in [-0.1, -0.05) is 18.9 Å². The minimum atomic E-state index is -1.67. The number of amides is 1. The van der Waals surface area contributed by atoms with Gasteiger partial charge in [0, 0.05) is 36.8 Å². The van der Waals surface area contributed by atoms with Crippen LogP contribution in [0.2, 0.25) is 0 Å². The number of carboxylic acids is 1. The van der Waals surface area contributed by atoms with Crippen LogP contribution in [0.3, 0.4) is 0 Å². The summed E-state index contributed by atoms with van der Waals surface area (Å²) < 4.78 is 14.6. The van der Waals surface area contributed by atoms with Crippen molar-refractivity contribution in [3.8, 4) is 23.1 Å². The normalized spacial score (nSPS) is 22.4. The predicted molar refractivity (Wildman–Crippen MR) is 164 cm³/mol. The van der Waals surface area contributed by atoms with Crippen LogP contribution in [0.25, 0.3) is 22.3 Å². The van der Waals surface area contributed by atoms with Crippen molar-refractivity contribution in [3.05, 3.63) is 54.7 Å². The van der Waals surface area contributed by atoms with E-state index in [-0.39, 0.29) is 18.2 Å². The van der Waals surface area contributed by atoms with Crippen LogP contribution in [0.1, 0.15) is 50.1 Å². The van der Waals surface area contributed by atoms with E-state index >= 15 is 0 Å². The van der Waals surface area contributed by atoms with Gasteiger partial charge in [0.2, 0.25) is 6.29 Å². The molecule has 0 spiro atoms. The molecule has 14 nitrogen and oxygen atoms in total. The van der Waals surface area contributed by atoms with Gasteiger partial charge in [0.1, 0.15) is 18.2 Å². The Morgan fingerprint density at radius 3 is 2.74 bits per heavy atom. The van der Waals surface area contributed by atoms with E-state index < -0.39 is 36.6 Å². The first kappa shape index (κ1) is 31.2. The minimum Gasteiger partial charge on any atom is -0.479 e. The van der Waals surface area contributed by atoms with Gasteiger partial charge in [-0.25, -0.2) is 19.6 Å². The topological polar surface area (TPSA) is 189 Å². The van der Waals surface area contributed by atoms with E-state index in [4.69, 9.17) is 9.47 Å². The maximum absolute atomic E-state index is 13.9. The largest absolute Gasteiger partial charge is 0.479 e. The lowest BCUT2D eigenvalue weighted by atomic mass is 9.96. The fourth-order valence-corrected chi connectivity index (χ4v) is 6.40. The number of nitrogens with zero attached hydrogens (tertiary/aromatic N) is 7. The van der Waals surface area contributed by atoms with Gasteiger partial charge in [-0.2, -0.15) is 10.4 Å². The smallest absolute Gasteiger partial charge is 0.335 e. The molecule has 240 valence electrons. The molecular formula is C32H35N7O7. The number of aryl methyl sites for hydroxylation is 1. The zero-order chi connectivity index (χ0) is 32.5. The summed E-state index contributed by atoms with van der Waals surface area (Å²) in [4.78, 5) is 35.8. The lowest BCUT2D eigenvalue weighted by molar-refractivity contribution is -0.228. The number of nitriles is 1. The second kappa shape index (κ2) is 12.9. The molecule has 1 saturated carbocycles. The van der Waals surface area contributed by atoms with E-state index in [0.717, 1.165) is 36.8 Å². The highest BCUT2D eigenvalue weighted by molar-refractivity contribution is 6.02. The average Bonchev–Trinajstić information content (AvgIpc) is 3.83. The van der Waals surface area contributed by atoms with Crippen LogP contribution in [0.15, 0.2) is 49.2 Å². The summed E-state index contributed by atoms with van der Waals surface area (Å²) in [5.41, 5.74) is 2.94. The number of rotatable bonds is 8. The van der Waals surface area contributed by atoms with Crippen LogP contribution in [-0.2, 0) is 9.53 Å². The van der Waals surface area contributed by atoms with Crippen molar-refractivity contribution in [1.82, 2.24) is 24.3 Å². The number of aliphatic hydroxyl groups is 2. The Morgan fingerprint density at radius 1 is 1.22 bits per heavy atom. The summed E-state index contributed by atoms with van der Waals surface area (Å²) in [5.74, 6) is -0.810. The van der Waals surface area contributed by atoms with Gasteiger partial charge in [-0.05, 0) is 49.4 Å². The van der Waals surface area contributed by atoms with Crippen LogP contribution in [0.5, 0.6) is 5.75 Å². The number of aliphatic hydroxyl groups excluding tert-OH is 2. The summed E-state index contributed by atoms with van der Waals surface area (Å²) in [7, 11) is 1.57. The Kier molecular flexibility index (Phi) is 8.72. The molecule has 6 rings (SSSR count). The van der Waals surface area contributed by atoms with Crippen LogP contribution in [0.4, 0.5) is 10.5 Å². The minimum absolute atomic E-state index is 0.00787. The van der Waals surface area contributed by atoms with Crippen molar-refractivity contribution >= 4 is 28.7 Å². The van der Waals surface area contributed by atoms with Gasteiger partial charge >= 0.3 is 12.0 Å². The fraction of sp³-hybridized carbons (Fsp3) is 0.438. The number of fused-ring (bicyclic) bond motifs is 1. The van der Waals surface area contributed by atoms with Crippen LogP contribution < -0.4 is 9.64 Å². The number of anilines is 1. The molecule has 1 aromatic carbocycles. The number of aromatic nitrogens is 5. The third kappa shape index (κ3) is 5.92. The van der Waals surface area contributed by atoms with Gasteiger partial charge in [0.05, 0.1) is 42.2 Å². The lowest BCUT2D eigenvalue weighted by Gasteiger charge is -2.35. The van der Waals surface area contributed by atoms with Gasteiger partial charge in [-0.3, -0.25) is 14.1 Å². The van der Waals surface area contributed by atoms with Crippen LogP contribution in [-0.4, -0.2) is 83.3 Å². The summed E-state index contributed by atoms with van der Waals surface area (Å²) in [6, 6.07) is 8.73. The van der Waals surface area contributed by atoms with Crippen molar-refractivity contribution in [2.24, 2.45) is 5.92 Å². The molecule has 0 radical (unpaired) electrons. The number of hydrogen-bond donors (Lipinski definition) is 3. The number of aliphatic carboxylic acids is 1. The molecule has 46 heavy (non-hydrogen) atoms. The standard InChI is InChI=1S/C32H35N7O7/c1-18-7-8-25(45-26-14-24(40)28(41)29(46-26)31(42)43)23(13-18)37(2)32(44)38-12-10-21-27(34-17-35-30(21)38)20-15-36-39(16-20)22(9-11-33)19-5-3-4-6-19/h7-8,10,12-13,15-17,19,22,24,26,28-29,40-41H,3-6,9,14H2,1-2H3,(H,42,43)/t22-,24-,26-,28+,29+/m1/s1. The van der Waals surface area contributed by atoms with Gasteiger partial charge in [0.25, 0.3) is 0 Å². The molecule has 2 fully saturated rings. The van der Waals surface area contributed by atoms with Crippen LogP contribution >= 0.6 is 0 Å². The molecule has 3 N–H and O–H groups in total. The highest BCUT2D eigenvalue weighted by Gasteiger charge is 2.42. The monoisotopic (exact) mass is 629 g/mol. The number of carbonyl (C=O) groups is 2. The SMILES string of the molecule is Cc1ccc(O[C@H]2C[C@@H](O)[C@H](O)[C@@H](C(=O)O)O2)c(N(C)C(=O)n2ccc3c(-c4cnn([C@H](CC#N)C5CCCC5)c4)ncnc32)c1. The maximum atomic E-state index is 13.9. The Hall–Kier alpha value is -4.84. The molecule has 4 heterocycles. The summed E-state index contributed by atoms with van der Waals surface area (Å²) in [6.45, 7) is 1.85. The van der Waals surface area contributed by atoms with E-state index in [1.54, 1.807) is 43.7 Å². The molecular weight excluding hydrogens is 594 g/mol. The number of carboxylic acid groups (broad SMARTS) is 1. The Balaban J connectivity index is 1.27. The lowest BCUT2D eigenvalue weighted by Crippen LogP contribution is -2.53. The highest BCUT2D eigenvalue weighted by Crippen LogP contribution is 2.37. The number of carbonyl (C=O) groups excluding carboxylic acids is 1. The quantitative estimate of drug-likeness (QED) is 0.258. The van der Waals surface area contributed by atoms with Crippen molar-refractivity contribution in [1.29, 1.82) is 5.26 Å².